The molecule has 2 aliphatic rings. The molecule has 1 aliphatic heterocycles. The summed E-state index contributed by atoms with van der Waals surface area (Å²) in [6.45, 7) is 0.551. The molecule has 0 aromatic heterocycles. The zero-order chi connectivity index (χ0) is 27.4. The summed E-state index contributed by atoms with van der Waals surface area (Å²) in [6, 6.07) is 22.3. The second kappa shape index (κ2) is 12.5. The fourth-order valence-corrected chi connectivity index (χ4v) is 6.58. The minimum atomic E-state index is -0.626. The average Bonchev–Trinajstić information content (AvgIpc) is 2.94. The minimum Gasteiger partial charge on any atom is -0.393 e. The van der Waals surface area contributed by atoms with Gasteiger partial charge in [-0.25, -0.2) is 0 Å². The molecule has 2 amide bonds. The largest absolute Gasteiger partial charge is 0.393 e. The molecule has 0 spiro atoms. The van der Waals surface area contributed by atoms with Gasteiger partial charge < -0.3 is 15.3 Å². The van der Waals surface area contributed by atoms with E-state index in [0.29, 0.717) is 59.0 Å². The van der Waals surface area contributed by atoms with E-state index in [1.54, 1.807) is 12.1 Å². The van der Waals surface area contributed by atoms with E-state index in [-0.39, 0.29) is 24.0 Å². The lowest BCUT2D eigenvalue weighted by Gasteiger charge is -2.47. The third kappa shape index (κ3) is 6.16. The average molecular weight is 566 g/mol. The van der Waals surface area contributed by atoms with E-state index < -0.39 is 12.0 Å². The van der Waals surface area contributed by atoms with E-state index in [4.69, 9.17) is 23.2 Å². The molecule has 0 radical (unpaired) electrons. The first kappa shape index (κ1) is 27.7. The quantitative estimate of drug-likeness (QED) is 0.298. The molecule has 204 valence electrons. The fourth-order valence-electron chi connectivity index (χ4n) is 6.06. The number of hydrogen-bond donors (Lipinski definition) is 2. The highest BCUT2D eigenvalue weighted by Gasteiger charge is 2.47. The van der Waals surface area contributed by atoms with Crippen LogP contribution in [0.1, 0.15) is 77.5 Å². The predicted molar refractivity (Wildman–Crippen MR) is 155 cm³/mol. The number of rotatable bonds is 8. The van der Waals surface area contributed by atoms with Crippen molar-refractivity contribution in [3.8, 4) is 0 Å². The summed E-state index contributed by atoms with van der Waals surface area (Å²) in [4.78, 5) is 29.9. The van der Waals surface area contributed by atoms with Gasteiger partial charge in [0.2, 0.25) is 5.91 Å². The van der Waals surface area contributed by atoms with Gasteiger partial charge in [0.05, 0.1) is 18.1 Å². The smallest absolute Gasteiger partial charge is 0.254 e. The molecule has 5 nitrogen and oxygen atoms in total. The van der Waals surface area contributed by atoms with Crippen molar-refractivity contribution in [3.63, 3.8) is 0 Å². The van der Waals surface area contributed by atoms with Crippen molar-refractivity contribution < 1.29 is 14.7 Å². The second-order valence-electron chi connectivity index (χ2n) is 10.6. The maximum atomic E-state index is 14.0. The Bertz CT molecular complexity index is 1310. The Hall–Kier alpha value is -2.86. The monoisotopic (exact) mass is 564 g/mol. The van der Waals surface area contributed by atoms with Crippen molar-refractivity contribution in [2.24, 2.45) is 0 Å². The first-order valence-electron chi connectivity index (χ1n) is 13.8. The van der Waals surface area contributed by atoms with Crippen LogP contribution < -0.4 is 5.32 Å². The Kier molecular flexibility index (Phi) is 8.91. The number of carbonyl (C=O) groups excluding carboxylic acids is 2. The van der Waals surface area contributed by atoms with Crippen molar-refractivity contribution in [2.75, 3.05) is 6.54 Å². The molecule has 3 aromatic carbocycles. The Morgan fingerprint density at radius 2 is 1.62 bits per heavy atom. The Balaban J connectivity index is 1.45. The van der Waals surface area contributed by atoms with Gasteiger partial charge in [-0.15, -0.1) is 0 Å². The Morgan fingerprint density at radius 3 is 2.36 bits per heavy atom. The summed E-state index contributed by atoms with van der Waals surface area (Å²) < 4.78 is 0. The number of unbranched alkanes of at least 4 members (excludes halogenated alkanes) is 1. The highest BCUT2D eigenvalue weighted by molar-refractivity contribution is 6.35. The van der Waals surface area contributed by atoms with Gasteiger partial charge in [-0.1, -0.05) is 77.8 Å². The van der Waals surface area contributed by atoms with Crippen LogP contribution in [0.15, 0.2) is 72.8 Å². The first-order chi connectivity index (χ1) is 18.9. The summed E-state index contributed by atoms with van der Waals surface area (Å²) >= 11 is 13.0. The van der Waals surface area contributed by atoms with Crippen LogP contribution in [0.2, 0.25) is 10.0 Å². The number of aryl methyl sites for hydroxylation is 1. The molecule has 0 saturated heterocycles. The lowest BCUT2D eigenvalue weighted by molar-refractivity contribution is -0.124. The maximum Gasteiger partial charge on any atom is 0.254 e. The second-order valence-corrected chi connectivity index (χ2v) is 11.4. The fraction of sp³-hybridized carbons (Fsp3) is 0.375. The van der Waals surface area contributed by atoms with Gasteiger partial charge in [0.1, 0.15) is 0 Å². The molecule has 1 saturated carbocycles. The summed E-state index contributed by atoms with van der Waals surface area (Å²) in [5.41, 5.74) is 3.26. The zero-order valence-corrected chi connectivity index (χ0v) is 23.4. The highest BCUT2D eigenvalue weighted by Crippen LogP contribution is 2.47. The number of nitrogens with zero attached hydrogens (tertiary/aromatic N) is 1. The number of hydrogen-bond acceptors (Lipinski definition) is 3. The van der Waals surface area contributed by atoms with Crippen molar-refractivity contribution in [3.05, 3.63) is 105 Å². The number of halogens is 2. The number of fused-ring (bicyclic) bond motifs is 1. The van der Waals surface area contributed by atoms with E-state index in [2.05, 4.69) is 17.4 Å². The van der Waals surface area contributed by atoms with Gasteiger partial charge >= 0.3 is 0 Å². The van der Waals surface area contributed by atoms with E-state index >= 15 is 0 Å². The molecule has 0 unspecified atom stereocenters. The third-order valence-electron chi connectivity index (χ3n) is 8.03. The molecule has 0 bridgehead atoms. The Morgan fingerprint density at radius 1 is 0.897 bits per heavy atom. The standard InChI is InChI=1S/C32H34Cl2N2O3/c33-22-13-18-27(28(34)20-22)30-29(31(38)35-19-7-6-10-21-8-2-1-3-9-21)25-11-4-5-12-26(25)32(39)36(30)23-14-16-24(37)17-15-23/h1-5,8-9,11-13,18,20,23-24,29-30,37H,6-7,10,14-17,19H2,(H,35,38)/t23-,24-,29-,30+/m1/s1. The summed E-state index contributed by atoms with van der Waals surface area (Å²) in [5, 5.41) is 14.3. The van der Waals surface area contributed by atoms with Crippen LogP contribution in [-0.2, 0) is 11.2 Å². The molecule has 3 aromatic rings. The van der Waals surface area contributed by atoms with Gasteiger partial charge in [0, 0.05) is 28.2 Å². The normalized spacial score (nSPS) is 22.8. The van der Waals surface area contributed by atoms with E-state index in [0.717, 1.165) is 19.3 Å². The van der Waals surface area contributed by atoms with E-state index in [1.165, 1.54) is 5.56 Å². The maximum absolute atomic E-state index is 14.0. The van der Waals surface area contributed by atoms with Gasteiger partial charge in [-0.3, -0.25) is 9.59 Å². The lowest BCUT2D eigenvalue weighted by atomic mass is 9.77. The van der Waals surface area contributed by atoms with Gasteiger partial charge in [0.25, 0.3) is 5.91 Å². The lowest BCUT2D eigenvalue weighted by Crippen LogP contribution is -2.52. The molecule has 2 N–H and O–H groups in total. The van der Waals surface area contributed by atoms with Crippen LogP contribution in [0.5, 0.6) is 0 Å². The molecule has 1 heterocycles. The van der Waals surface area contributed by atoms with Crippen LogP contribution in [-0.4, -0.2) is 40.5 Å². The van der Waals surface area contributed by atoms with Gasteiger partial charge in [0.15, 0.2) is 0 Å². The minimum absolute atomic E-state index is 0.102. The van der Waals surface area contributed by atoms with Crippen LogP contribution >= 0.6 is 23.2 Å². The molecule has 5 rings (SSSR count). The zero-order valence-electron chi connectivity index (χ0n) is 21.9. The van der Waals surface area contributed by atoms with Crippen molar-refractivity contribution >= 4 is 35.0 Å². The number of nitrogens with one attached hydrogen (secondary N) is 1. The summed E-state index contributed by atoms with van der Waals surface area (Å²) in [7, 11) is 0. The molecule has 39 heavy (non-hydrogen) atoms. The van der Waals surface area contributed by atoms with Gasteiger partial charge in [-0.05, 0) is 79.8 Å². The van der Waals surface area contributed by atoms with Crippen LogP contribution in [0, 0.1) is 0 Å². The first-order valence-corrected chi connectivity index (χ1v) is 14.6. The van der Waals surface area contributed by atoms with Crippen molar-refractivity contribution in [1.82, 2.24) is 10.2 Å². The Labute approximate surface area is 240 Å². The number of benzene rings is 3. The molecule has 1 aliphatic carbocycles. The van der Waals surface area contributed by atoms with Gasteiger partial charge in [-0.2, -0.15) is 0 Å². The molecule has 2 atom stereocenters. The number of carbonyl (C=O) groups is 2. The van der Waals surface area contributed by atoms with Crippen molar-refractivity contribution in [2.45, 2.75) is 69.1 Å². The summed E-state index contributed by atoms with van der Waals surface area (Å²) in [5.74, 6) is -0.847. The molecular weight excluding hydrogens is 531 g/mol. The topological polar surface area (TPSA) is 69.6 Å². The number of amides is 2. The summed E-state index contributed by atoms with van der Waals surface area (Å²) in [6.07, 6.45) is 5.00. The highest BCUT2D eigenvalue weighted by atomic mass is 35.5. The van der Waals surface area contributed by atoms with Crippen molar-refractivity contribution in [1.29, 1.82) is 0 Å². The molecule has 7 heteroatoms. The SMILES string of the molecule is O=C(NCCCCc1ccccc1)[C@@H]1c2ccccc2C(=O)N([C@H]2CC[C@H](O)CC2)[C@H]1c1ccc(Cl)cc1Cl. The van der Waals surface area contributed by atoms with E-state index in [9.17, 15) is 14.7 Å². The predicted octanol–water partition coefficient (Wildman–Crippen LogP) is 6.72. The molecular formula is C32H34Cl2N2O3. The number of aliphatic hydroxyl groups is 1. The number of aliphatic hydroxyl groups excluding tert-OH is 1. The van der Waals surface area contributed by atoms with Crippen LogP contribution in [0.4, 0.5) is 0 Å². The third-order valence-corrected chi connectivity index (χ3v) is 8.60. The van der Waals surface area contributed by atoms with E-state index in [1.807, 2.05) is 53.4 Å². The van der Waals surface area contributed by atoms with Crippen LogP contribution in [0.25, 0.3) is 0 Å². The van der Waals surface area contributed by atoms with Crippen LogP contribution in [0.3, 0.4) is 0 Å². The molecule has 1 fully saturated rings.